The summed E-state index contributed by atoms with van der Waals surface area (Å²) >= 11 is 0. The van der Waals surface area contributed by atoms with Crippen molar-refractivity contribution < 1.29 is 19.1 Å². The van der Waals surface area contributed by atoms with E-state index in [9.17, 15) is 4.79 Å². The van der Waals surface area contributed by atoms with E-state index in [-0.39, 0.29) is 13.0 Å². The van der Waals surface area contributed by atoms with E-state index in [0.717, 1.165) is 28.2 Å². The molecule has 2 aromatic carbocycles. The van der Waals surface area contributed by atoms with Crippen LogP contribution in [0.3, 0.4) is 0 Å². The molecule has 2 heterocycles. The number of allylic oxidation sites excluding steroid dienone is 1. The van der Waals surface area contributed by atoms with Gasteiger partial charge in [-0.25, -0.2) is 4.98 Å². The molecule has 4 rings (SSSR count). The molecule has 0 amide bonds. The normalized spacial score (nSPS) is 12.0. The zero-order chi connectivity index (χ0) is 25.7. The van der Waals surface area contributed by atoms with Crippen LogP contribution in [-0.4, -0.2) is 42.9 Å². The molecule has 0 atom stereocenters. The second-order valence-electron chi connectivity index (χ2n) is 8.69. The van der Waals surface area contributed by atoms with Crippen molar-refractivity contribution in [3.8, 4) is 28.5 Å². The van der Waals surface area contributed by atoms with Gasteiger partial charge in [-0.05, 0) is 49.9 Å². The fraction of sp³-hybridized carbons (Fsp3) is 0.214. The molecule has 0 saturated heterocycles. The number of carboxylic acids is 1. The Morgan fingerprint density at radius 3 is 2.50 bits per heavy atom. The van der Waals surface area contributed by atoms with E-state index >= 15 is 0 Å². The highest BCUT2D eigenvalue weighted by molar-refractivity contribution is 6.40. The molecule has 8 heteroatoms. The molecule has 2 aromatic heterocycles. The Hall–Kier alpha value is -3.93. The predicted octanol–water partition coefficient (Wildman–Crippen LogP) is 5.30. The number of rotatable bonds is 10. The van der Waals surface area contributed by atoms with Crippen molar-refractivity contribution in [1.29, 1.82) is 0 Å². The smallest absolute Gasteiger partial charge is 0.303 e. The van der Waals surface area contributed by atoms with Gasteiger partial charge in [-0.3, -0.25) is 4.79 Å². The molecule has 0 spiro atoms. The van der Waals surface area contributed by atoms with Crippen LogP contribution in [0.2, 0.25) is 0 Å². The second kappa shape index (κ2) is 10.8. The maximum absolute atomic E-state index is 10.8. The number of benzene rings is 2. The molecule has 4 radical (unpaired) electrons. The van der Waals surface area contributed by atoms with E-state index in [2.05, 4.69) is 4.98 Å². The van der Waals surface area contributed by atoms with Gasteiger partial charge in [-0.15, -0.1) is 0 Å². The molecular weight excluding hydrogens is 450 g/mol. The van der Waals surface area contributed by atoms with E-state index in [1.807, 2.05) is 80.6 Å². The average Bonchev–Trinajstić information content (AvgIpc) is 3.53. The molecule has 0 saturated carbocycles. The maximum Gasteiger partial charge on any atom is 0.303 e. The molecule has 0 fully saturated rings. The summed E-state index contributed by atoms with van der Waals surface area (Å²) in [5, 5.41) is 7.42. The second-order valence-corrected chi connectivity index (χ2v) is 8.69. The van der Waals surface area contributed by atoms with Gasteiger partial charge >= 0.3 is 5.97 Å². The largest absolute Gasteiger partial charge is 0.489 e. The first-order valence-corrected chi connectivity index (χ1v) is 11.6. The molecule has 36 heavy (non-hydrogen) atoms. The third-order valence-corrected chi connectivity index (χ3v) is 5.98. The number of aliphatic carboxylic acids is 1. The molecule has 0 aliphatic heterocycles. The molecule has 1 N–H and O–H groups in total. The SMILES string of the molecule is [B]C([B])(c1ccccc1OC/C=C(\C)CCC(=O)O)n1c(C)cnc1-c1ccc(-c2ccco2)cc1. The number of para-hydroxylation sites is 1. The zero-order valence-electron chi connectivity index (χ0n) is 20.3. The van der Waals surface area contributed by atoms with Crippen molar-refractivity contribution >= 4 is 21.7 Å². The van der Waals surface area contributed by atoms with E-state index in [0.29, 0.717) is 23.6 Å². The lowest BCUT2D eigenvalue weighted by Gasteiger charge is -2.33. The number of aromatic nitrogens is 2. The molecular formula is C28H26B2N2O4. The van der Waals surface area contributed by atoms with Crippen LogP contribution in [0.15, 0.2) is 89.2 Å². The number of carbonyl (C=O) groups is 1. The molecule has 0 aliphatic carbocycles. The predicted molar refractivity (Wildman–Crippen MR) is 141 cm³/mol. The summed E-state index contributed by atoms with van der Waals surface area (Å²) in [6.07, 6.45) is 5.79. The number of aryl methyl sites for hydroxylation is 1. The molecule has 0 bridgehead atoms. The standard InChI is InChI=1S/C28H26B2N2O4/c1-19(9-14-26(33)34)15-17-36-25-7-4-3-6-23(25)28(29,30)32-20(2)18-31-27(32)22-12-10-21(11-13-22)24-8-5-16-35-24/h3-8,10-13,15-16,18H,9,14,17H2,1-2H3,(H,33,34)/b19-15+. The topological polar surface area (TPSA) is 77.5 Å². The van der Waals surface area contributed by atoms with Gasteiger partial charge < -0.3 is 18.8 Å². The van der Waals surface area contributed by atoms with Crippen LogP contribution in [-0.2, 0) is 10.1 Å². The summed E-state index contributed by atoms with van der Waals surface area (Å²) in [4.78, 5) is 15.4. The van der Waals surface area contributed by atoms with Gasteiger partial charge in [-0.1, -0.05) is 48.0 Å². The minimum absolute atomic E-state index is 0.0821. The highest BCUT2D eigenvalue weighted by Gasteiger charge is 2.29. The summed E-state index contributed by atoms with van der Waals surface area (Å²) in [7, 11) is 13.6. The van der Waals surface area contributed by atoms with Crippen LogP contribution in [0.5, 0.6) is 5.75 Å². The summed E-state index contributed by atoms with van der Waals surface area (Å²) < 4.78 is 13.3. The highest BCUT2D eigenvalue weighted by atomic mass is 16.5. The first kappa shape index (κ1) is 25.2. The third-order valence-electron chi connectivity index (χ3n) is 5.98. The number of nitrogens with zero attached hydrogens (tertiary/aromatic N) is 2. The Morgan fingerprint density at radius 2 is 1.81 bits per heavy atom. The lowest BCUT2D eigenvalue weighted by molar-refractivity contribution is -0.136. The van der Waals surface area contributed by atoms with Crippen molar-refractivity contribution in [3.63, 3.8) is 0 Å². The van der Waals surface area contributed by atoms with E-state index in [1.54, 1.807) is 17.0 Å². The molecule has 0 aliphatic rings. The van der Waals surface area contributed by atoms with Crippen molar-refractivity contribution in [1.82, 2.24) is 9.55 Å². The third kappa shape index (κ3) is 5.48. The van der Waals surface area contributed by atoms with Crippen LogP contribution in [0, 0.1) is 6.92 Å². The number of carboxylic acid groups (broad SMARTS) is 1. The van der Waals surface area contributed by atoms with E-state index in [1.165, 1.54) is 0 Å². The van der Waals surface area contributed by atoms with Crippen molar-refractivity contribution in [2.45, 2.75) is 32.0 Å². The van der Waals surface area contributed by atoms with Gasteiger partial charge in [0.2, 0.25) is 0 Å². The van der Waals surface area contributed by atoms with Crippen LogP contribution in [0.25, 0.3) is 22.7 Å². The van der Waals surface area contributed by atoms with Gasteiger partial charge in [0.05, 0.1) is 22.0 Å². The number of imidazole rings is 1. The summed E-state index contributed by atoms with van der Waals surface area (Å²) in [5.74, 6) is 1.12. The highest BCUT2D eigenvalue weighted by Crippen LogP contribution is 2.34. The van der Waals surface area contributed by atoms with Crippen LogP contribution in [0.4, 0.5) is 0 Å². The Labute approximate surface area is 213 Å². The number of hydrogen-bond acceptors (Lipinski definition) is 4. The van der Waals surface area contributed by atoms with E-state index < -0.39 is 11.3 Å². The first-order valence-electron chi connectivity index (χ1n) is 11.6. The summed E-state index contributed by atoms with van der Waals surface area (Å²) in [5.41, 5.74) is 4.14. The number of furan rings is 1. The molecule has 4 aromatic rings. The van der Waals surface area contributed by atoms with Crippen molar-refractivity contribution in [2.75, 3.05) is 6.61 Å². The maximum atomic E-state index is 10.8. The minimum atomic E-state index is -1.45. The van der Waals surface area contributed by atoms with Gasteiger partial charge in [0, 0.05) is 35.0 Å². The summed E-state index contributed by atoms with van der Waals surface area (Å²) in [6, 6.07) is 19.0. The minimum Gasteiger partial charge on any atom is -0.489 e. The van der Waals surface area contributed by atoms with Gasteiger partial charge in [0.1, 0.15) is 23.9 Å². The Balaban J connectivity index is 1.61. The lowest BCUT2D eigenvalue weighted by Crippen LogP contribution is -2.37. The van der Waals surface area contributed by atoms with E-state index in [4.69, 9.17) is 30.0 Å². The van der Waals surface area contributed by atoms with Gasteiger partial charge in [0.25, 0.3) is 0 Å². The fourth-order valence-corrected chi connectivity index (χ4v) is 4.06. The first-order chi connectivity index (χ1) is 17.3. The Morgan fingerprint density at radius 1 is 1.08 bits per heavy atom. The van der Waals surface area contributed by atoms with Crippen molar-refractivity contribution in [3.05, 3.63) is 96.0 Å². The van der Waals surface area contributed by atoms with Crippen LogP contribution in [0.1, 0.15) is 31.0 Å². The quantitative estimate of drug-likeness (QED) is 0.248. The fourth-order valence-electron chi connectivity index (χ4n) is 4.06. The Bertz CT molecular complexity index is 1360. The zero-order valence-corrected chi connectivity index (χ0v) is 20.3. The molecule has 6 nitrogen and oxygen atoms in total. The number of ether oxygens (including phenoxy) is 1. The van der Waals surface area contributed by atoms with Crippen molar-refractivity contribution in [2.24, 2.45) is 0 Å². The van der Waals surface area contributed by atoms with Gasteiger partial charge in [0.15, 0.2) is 0 Å². The molecule has 0 unspecified atom stereocenters. The number of hydrogen-bond donors (Lipinski definition) is 1. The molecule has 178 valence electrons. The van der Waals surface area contributed by atoms with Crippen LogP contribution < -0.4 is 4.74 Å². The summed E-state index contributed by atoms with van der Waals surface area (Å²) in [6.45, 7) is 4.05. The van der Waals surface area contributed by atoms with Gasteiger partial charge in [-0.2, -0.15) is 0 Å². The lowest BCUT2D eigenvalue weighted by atomic mass is 9.57. The monoisotopic (exact) mass is 476 g/mol. The van der Waals surface area contributed by atoms with Crippen LogP contribution >= 0.6 is 0 Å². The average molecular weight is 476 g/mol. The Kier molecular flexibility index (Phi) is 7.53.